The van der Waals surface area contributed by atoms with Gasteiger partial charge in [0.1, 0.15) is 10.6 Å². The Hall–Kier alpha value is -1.80. The lowest BCUT2D eigenvalue weighted by Crippen LogP contribution is -2.38. The van der Waals surface area contributed by atoms with E-state index in [1.54, 1.807) is 5.32 Å². The summed E-state index contributed by atoms with van der Waals surface area (Å²) in [6.45, 7) is 0. The molecule has 0 aliphatic carbocycles. The molecule has 1 rings (SSSR count). The second-order valence-corrected chi connectivity index (χ2v) is 5.66. The number of urea groups is 1. The molecule has 0 unspecified atom stereocenters. The van der Waals surface area contributed by atoms with Crippen molar-refractivity contribution in [2.24, 2.45) is 5.73 Å². The van der Waals surface area contributed by atoms with Crippen molar-refractivity contribution >= 4 is 39.1 Å². The molecule has 9 heteroatoms. The van der Waals surface area contributed by atoms with Crippen LogP contribution in [0.25, 0.3) is 0 Å². The number of nitrogen functional groups attached to an aromatic ring is 1. The van der Waals surface area contributed by atoms with Gasteiger partial charge in [0, 0.05) is 0 Å². The summed E-state index contributed by atoms with van der Waals surface area (Å²) >= 11 is 5.72. The summed E-state index contributed by atoms with van der Waals surface area (Å²) < 4.78 is 23.8. The van der Waals surface area contributed by atoms with Crippen molar-refractivity contribution in [3.05, 3.63) is 23.2 Å². The molecule has 0 spiro atoms. The average molecular weight is 292 g/mol. The Bertz CT molecular complexity index is 580. The van der Waals surface area contributed by atoms with E-state index in [0.717, 1.165) is 0 Å². The maximum atomic E-state index is 11.9. The molecule has 0 saturated heterocycles. The summed E-state index contributed by atoms with van der Waals surface area (Å²) in [6.07, 6.45) is 0. The predicted octanol–water partition coefficient (Wildman–Crippen LogP) is -0.109. The number of benzene rings is 1. The van der Waals surface area contributed by atoms with Gasteiger partial charge < -0.3 is 11.5 Å². The number of imide groups is 1. The van der Waals surface area contributed by atoms with Crippen LogP contribution in [0.1, 0.15) is 0 Å². The maximum Gasteiger partial charge on any atom is 0.318 e. The van der Waals surface area contributed by atoms with E-state index in [0.29, 0.717) is 0 Å². The summed E-state index contributed by atoms with van der Waals surface area (Å²) in [7, 11) is -4.04. The Morgan fingerprint density at radius 3 is 2.44 bits per heavy atom. The SMILES string of the molecule is NC(=O)NC(=O)CS(=O)(=O)c1c(N)cccc1Cl. The number of amides is 3. The first-order chi connectivity index (χ1) is 8.24. The van der Waals surface area contributed by atoms with E-state index in [1.807, 2.05) is 0 Å². The Morgan fingerprint density at radius 2 is 1.94 bits per heavy atom. The minimum Gasteiger partial charge on any atom is -0.398 e. The second-order valence-electron chi connectivity index (χ2n) is 3.33. The van der Waals surface area contributed by atoms with Gasteiger partial charge in [0.25, 0.3) is 0 Å². The van der Waals surface area contributed by atoms with Crippen LogP contribution < -0.4 is 16.8 Å². The van der Waals surface area contributed by atoms with Crippen molar-refractivity contribution < 1.29 is 18.0 Å². The molecule has 0 fully saturated rings. The first-order valence-corrected chi connectivity index (χ1v) is 6.63. The van der Waals surface area contributed by atoms with E-state index in [4.69, 9.17) is 23.1 Å². The van der Waals surface area contributed by atoms with Crippen LogP contribution in [0, 0.1) is 0 Å². The van der Waals surface area contributed by atoms with E-state index in [9.17, 15) is 18.0 Å². The first-order valence-electron chi connectivity index (χ1n) is 4.60. The lowest BCUT2D eigenvalue weighted by Gasteiger charge is -2.08. The molecule has 0 heterocycles. The molecule has 0 aliphatic heterocycles. The van der Waals surface area contributed by atoms with Crippen molar-refractivity contribution in [3.63, 3.8) is 0 Å². The molecule has 0 atom stereocenters. The molecular formula is C9H10ClN3O4S. The van der Waals surface area contributed by atoms with Gasteiger partial charge in [-0.1, -0.05) is 17.7 Å². The van der Waals surface area contributed by atoms with Gasteiger partial charge in [-0.05, 0) is 12.1 Å². The number of hydrogen-bond acceptors (Lipinski definition) is 5. The smallest absolute Gasteiger partial charge is 0.318 e. The Kier molecular flexibility index (Phi) is 4.15. The van der Waals surface area contributed by atoms with Crippen molar-refractivity contribution in [1.29, 1.82) is 0 Å². The van der Waals surface area contributed by atoms with Crippen molar-refractivity contribution in [3.8, 4) is 0 Å². The molecule has 3 amide bonds. The number of rotatable bonds is 3. The van der Waals surface area contributed by atoms with E-state index >= 15 is 0 Å². The Morgan fingerprint density at radius 1 is 1.33 bits per heavy atom. The van der Waals surface area contributed by atoms with Gasteiger partial charge in [-0.15, -0.1) is 0 Å². The lowest BCUT2D eigenvalue weighted by atomic mass is 10.3. The summed E-state index contributed by atoms with van der Waals surface area (Å²) in [6, 6.07) is 3.00. The van der Waals surface area contributed by atoms with Gasteiger partial charge in [-0.2, -0.15) is 0 Å². The molecule has 5 N–H and O–H groups in total. The van der Waals surface area contributed by atoms with Crippen molar-refractivity contribution in [2.45, 2.75) is 4.90 Å². The number of halogens is 1. The molecule has 0 saturated carbocycles. The highest BCUT2D eigenvalue weighted by molar-refractivity contribution is 7.92. The number of hydrogen-bond donors (Lipinski definition) is 3. The zero-order chi connectivity index (χ0) is 13.9. The highest BCUT2D eigenvalue weighted by atomic mass is 35.5. The monoisotopic (exact) mass is 291 g/mol. The number of primary amides is 1. The fraction of sp³-hybridized carbons (Fsp3) is 0.111. The summed E-state index contributed by atoms with van der Waals surface area (Å²) in [5.74, 6) is -2.02. The molecule has 0 aliphatic rings. The third kappa shape index (κ3) is 3.34. The van der Waals surface area contributed by atoms with Gasteiger partial charge in [-0.3, -0.25) is 10.1 Å². The second kappa shape index (κ2) is 5.23. The predicted molar refractivity (Wildman–Crippen MR) is 65.6 cm³/mol. The number of nitrogens with two attached hydrogens (primary N) is 2. The third-order valence-corrected chi connectivity index (χ3v) is 4.04. The summed E-state index contributed by atoms with van der Waals surface area (Å²) in [5.41, 5.74) is 10.1. The lowest BCUT2D eigenvalue weighted by molar-refractivity contribution is -0.117. The number of anilines is 1. The fourth-order valence-corrected chi connectivity index (χ4v) is 3.16. The van der Waals surface area contributed by atoms with Crippen LogP contribution in [0.2, 0.25) is 5.02 Å². The molecule has 0 bridgehead atoms. The minimum absolute atomic E-state index is 0.0747. The Balaban J connectivity index is 3.08. The van der Waals surface area contributed by atoms with Gasteiger partial charge in [0.05, 0.1) is 10.7 Å². The molecule has 98 valence electrons. The topological polar surface area (TPSA) is 132 Å². The largest absolute Gasteiger partial charge is 0.398 e. The van der Waals surface area contributed by atoms with Crippen LogP contribution in [-0.2, 0) is 14.6 Å². The average Bonchev–Trinajstić information content (AvgIpc) is 2.13. The van der Waals surface area contributed by atoms with E-state index in [1.165, 1.54) is 18.2 Å². The van der Waals surface area contributed by atoms with E-state index < -0.39 is 27.5 Å². The van der Waals surface area contributed by atoms with E-state index in [-0.39, 0.29) is 15.6 Å². The molecule has 18 heavy (non-hydrogen) atoms. The number of nitrogens with one attached hydrogen (secondary N) is 1. The molecular weight excluding hydrogens is 282 g/mol. The van der Waals surface area contributed by atoms with Crippen LogP contribution in [0.3, 0.4) is 0 Å². The normalized spacial score (nSPS) is 10.9. The number of sulfone groups is 1. The van der Waals surface area contributed by atoms with Crippen molar-refractivity contribution in [1.82, 2.24) is 5.32 Å². The molecule has 0 radical (unpaired) electrons. The molecule has 1 aromatic carbocycles. The van der Waals surface area contributed by atoms with Crippen LogP contribution in [-0.4, -0.2) is 26.1 Å². The fourth-order valence-electron chi connectivity index (χ4n) is 1.27. The van der Waals surface area contributed by atoms with Crippen LogP contribution >= 0.6 is 11.6 Å². The van der Waals surface area contributed by atoms with Crippen LogP contribution in [0.5, 0.6) is 0 Å². The van der Waals surface area contributed by atoms with Crippen molar-refractivity contribution in [2.75, 3.05) is 11.5 Å². The van der Waals surface area contributed by atoms with Gasteiger partial charge in [0.2, 0.25) is 5.91 Å². The summed E-state index contributed by atoms with van der Waals surface area (Å²) in [5, 5.41) is 1.55. The quantitative estimate of drug-likeness (QED) is 0.668. The maximum absolute atomic E-state index is 11.9. The van der Waals surface area contributed by atoms with Crippen LogP contribution in [0.4, 0.5) is 10.5 Å². The highest BCUT2D eigenvalue weighted by Crippen LogP contribution is 2.27. The van der Waals surface area contributed by atoms with Crippen LogP contribution in [0.15, 0.2) is 23.1 Å². The zero-order valence-electron chi connectivity index (χ0n) is 9.01. The van der Waals surface area contributed by atoms with E-state index in [2.05, 4.69) is 0 Å². The standard InChI is InChI=1S/C9H10ClN3O4S/c10-5-2-1-3-6(11)8(5)18(16,17)4-7(14)13-9(12)15/h1-3H,4,11H2,(H3,12,13,14,15). The molecule has 0 aromatic heterocycles. The van der Waals surface area contributed by atoms with Gasteiger partial charge in [-0.25, -0.2) is 13.2 Å². The molecule has 1 aromatic rings. The first kappa shape index (κ1) is 14.3. The van der Waals surface area contributed by atoms with Gasteiger partial charge in [0.15, 0.2) is 9.84 Å². The number of carbonyl (C=O) groups is 2. The third-order valence-electron chi connectivity index (χ3n) is 1.89. The molecule has 7 nitrogen and oxygen atoms in total. The highest BCUT2D eigenvalue weighted by Gasteiger charge is 2.24. The van der Waals surface area contributed by atoms with Gasteiger partial charge >= 0.3 is 6.03 Å². The number of carbonyl (C=O) groups excluding carboxylic acids is 2. The Labute approximate surface area is 108 Å². The summed E-state index contributed by atoms with van der Waals surface area (Å²) in [4.78, 5) is 21.3. The zero-order valence-corrected chi connectivity index (χ0v) is 10.6. The minimum atomic E-state index is -4.04.